The van der Waals surface area contributed by atoms with E-state index in [1.165, 1.54) is 32.4 Å². The highest BCUT2D eigenvalue weighted by Gasteiger charge is 2.09. The Balaban J connectivity index is 2.16. The molecule has 4 nitrogen and oxygen atoms in total. The Labute approximate surface area is 106 Å². The quantitative estimate of drug-likeness (QED) is 0.545. The molecule has 0 radical (unpaired) electrons. The molecule has 4 heteroatoms. The summed E-state index contributed by atoms with van der Waals surface area (Å²) in [6.45, 7) is 10.8. The molecule has 0 aromatic heterocycles. The molecule has 0 bridgehead atoms. The lowest BCUT2D eigenvalue weighted by atomic mass is 10.1. The molecule has 0 saturated carbocycles. The van der Waals surface area contributed by atoms with Gasteiger partial charge in [-0.15, -0.1) is 0 Å². The van der Waals surface area contributed by atoms with Crippen molar-refractivity contribution >= 4 is 5.96 Å². The second-order valence-corrected chi connectivity index (χ2v) is 4.59. The van der Waals surface area contributed by atoms with E-state index in [2.05, 4.69) is 34.4 Å². The Morgan fingerprint density at radius 1 is 1.12 bits per heavy atom. The van der Waals surface area contributed by atoms with E-state index in [1.54, 1.807) is 0 Å². The van der Waals surface area contributed by atoms with Crippen LogP contribution in [0.25, 0.3) is 0 Å². The van der Waals surface area contributed by atoms with E-state index in [4.69, 9.17) is 0 Å². The summed E-state index contributed by atoms with van der Waals surface area (Å²) in [5.41, 5.74) is 0. The topological polar surface area (TPSA) is 39.7 Å². The first-order valence-electron chi connectivity index (χ1n) is 7.11. The van der Waals surface area contributed by atoms with Crippen LogP contribution in [-0.4, -0.2) is 50.1 Å². The van der Waals surface area contributed by atoms with Gasteiger partial charge in [0.15, 0.2) is 5.96 Å². The predicted molar refractivity (Wildman–Crippen MR) is 74.6 cm³/mol. The van der Waals surface area contributed by atoms with Gasteiger partial charge in [0, 0.05) is 26.2 Å². The van der Waals surface area contributed by atoms with Gasteiger partial charge in [-0.25, -0.2) is 0 Å². The van der Waals surface area contributed by atoms with Gasteiger partial charge in [0.25, 0.3) is 0 Å². The third-order valence-electron chi connectivity index (χ3n) is 3.01. The number of hydrogen-bond donors (Lipinski definition) is 2. The lowest BCUT2D eigenvalue weighted by Gasteiger charge is -2.26. The zero-order chi connectivity index (χ0) is 12.3. The zero-order valence-electron chi connectivity index (χ0n) is 11.5. The molecular weight excluding hydrogens is 212 g/mol. The average molecular weight is 240 g/mol. The molecule has 1 aliphatic rings. The number of piperidine rings is 1. The molecule has 1 fully saturated rings. The lowest BCUT2D eigenvalue weighted by molar-refractivity contribution is 0.232. The monoisotopic (exact) mass is 240 g/mol. The maximum absolute atomic E-state index is 4.49. The Hall–Kier alpha value is -0.770. The number of rotatable bonds is 6. The zero-order valence-corrected chi connectivity index (χ0v) is 11.5. The molecule has 0 unspecified atom stereocenters. The van der Waals surface area contributed by atoms with E-state index in [1.807, 2.05) is 0 Å². The number of nitrogens with one attached hydrogen (secondary N) is 2. The molecule has 0 atom stereocenters. The molecule has 2 N–H and O–H groups in total. The average Bonchev–Trinajstić information content (AvgIpc) is 2.37. The molecule has 1 heterocycles. The molecule has 0 aromatic rings. The smallest absolute Gasteiger partial charge is 0.191 e. The van der Waals surface area contributed by atoms with Gasteiger partial charge in [-0.3, -0.25) is 4.99 Å². The van der Waals surface area contributed by atoms with Crippen molar-refractivity contribution in [2.24, 2.45) is 4.99 Å². The number of nitrogens with zero attached hydrogens (tertiary/aromatic N) is 2. The summed E-state index contributed by atoms with van der Waals surface area (Å²) >= 11 is 0. The van der Waals surface area contributed by atoms with Crippen LogP contribution in [-0.2, 0) is 0 Å². The minimum absolute atomic E-state index is 0.902. The van der Waals surface area contributed by atoms with Crippen LogP contribution < -0.4 is 10.6 Å². The van der Waals surface area contributed by atoms with Crippen LogP contribution in [0.3, 0.4) is 0 Å². The second-order valence-electron chi connectivity index (χ2n) is 4.59. The van der Waals surface area contributed by atoms with Crippen molar-refractivity contribution < 1.29 is 0 Å². The van der Waals surface area contributed by atoms with Crippen LogP contribution in [0, 0.1) is 0 Å². The maximum Gasteiger partial charge on any atom is 0.191 e. The van der Waals surface area contributed by atoms with Crippen LogP contribution in [0.5, 0.6) is 0 Å². The molecular formula is C13H28N4. The van der Waals surface area contributed by atoms with Crippen LogP contribution >= 0.6 is 0 Å². The highest BCUT2D eigenvalue weighted by Crippen LogP contribution is 2.07. The van der Waals surface area contributed by atoms with Gasteiger partial charge in [0.1, 0.15) is 0 Å². The fourth-order valence-electron chi connectivity index (χ4n) is 2.08. The van der Waals surface area contributed by atoms with Crippen molar-refractivity contribution in [1.29, 1.82) is 0 Å². The van der Waals surface area contributed by atoms with E-state index < -0.39 is 0 Å². The Morgan fingerprint density at radius 2 is 1.88 bits per heavy atom. The van der Waals surface area contributed by atoms with Crippen LogP contribution in [0.15, 0.2) is 4.99 Å². The molecule has 0 aromatic carbocycles. The summed E-state index contributed by atoms with van der Waals surface area (Å²) < 4.78 is 0. The van der Waals surface area contributed by atoms with Crippen molar-refractivity contribution in [2.45, 2.75) is 39.5 Å². The summed E-state index contributed by atoms with van der Waals surface area (Å²) in [4.78, 5) is 7.03. The SMILES string of the molecule is CCCN=C(NCC)NCCN1CCCCC1. The van der Waals surface area contributed by atoms with Gasteiger partial charge in [-0.2, -0.15) is 0 Å². The van der Waals surface area contributed by atoms with Crippen molar-refractivity contribution in [1.82, 2.24) is 15.5 Å². The summed E-state index contributed by atoms with van der Waals surface area (Å²) in [5, 5.41) is 6.68. The number of guanidine groups is 1. The summed E-state index contributed by atoms with van der Waals surface area (Å²) in [6, 6.07) is 0. The summed E-state index contributed by atoms with van der Waals surface area (Å²) in [5.74, 6) is 0.964. The van der Waals surface area contributed by atoms with E-state index >= 15 is 0 Å². The van der Waals surface area contributed by atoms with Gasteiger partial charge >= 0.3 is 0 Å². The highest BCUT2D eigenvalue weighted by atomic mass is 15.2. The summed E-state index contributed by atoms with van der Waals surface area (Å²) in [7, 11) is 0. The highest BCUT2D eigenvalue weighted by molar-refractivity contribution is 5.79. The largest absolute Gasteiger partial charge is 0.357 e. The molecule has 17 heavy (non-hydrogen) atoms. The number of likely N-dealkylation sites (tertiary alicyclic amines) is 1. The van der Waals surface area contributed by atoms with Gasteiger partial charge in [-0.1, -0.05) is 13.3 Å². The van der Waals surface area contributed by atoms with Gasteiger partial charge in [-0.05, 0) is 39.3 Å². The second kappa shape index (κ2) is 9.28. The standard InChI is InChI=1S/C13H28N4/c1-3-8-15-13(14-4-2)16-9-12-17-10-6-5-7-11-17/h3-12H2,1-2H3,(H2,14,15,16). The normalized spacial score (nSPS) is 18.1. The van der Waals surface area contributed by atoms with Gasteiger partial charge in [0.2, 0.25) is 0 Å². The van der Waals surface area contributed by atoms with Gasteiger partial charge < -0.3 is 15.5 Å². The fraction of sp³-hybridized carbons (Fsp3) is 0.923. The Bertz CT molecular complexity index is 209. The maximum atomic E-state index is 4.49. The molecule has 0 amide bonds. The van der Waals surface area contributed by atoms with Crippen LogP contribution in [0.4, 0.5) is 0 Å². The van der Waals surface area contributed by atoms with Crippen LogP contribution in [0.1, 0.15) is 39.5 Å². The lowest BCUT2D eigenvalue weighted by Crippen LogP contribution is -2.42. The first-order valence-corrected chi connectivity index (χ1v) is 7.11. The van der Waals surface area contributed by atoms with Crippen molar-refractivity contribution in [3.05, 3.63) is 0 Å². The fourth-order valence-corrected chi connectivity index (χ4v) is 2.08. The van der Waals surface area contributed by atoms with E-state index in [0.29, 0.717) is 0 Å². The first-order chi connectivity index (χ1) is 8.36. The van der Waals surface area contributed by atoms with Gasteiger partial charge in [0.05, 0.1) is 0 Å². The third-order valence-corrected chi connectivity index (χ3v) is 3.01. The molecule has 1 saturated heterocycles. The molecule has 1 aliphatic heterocycles. The molecule has 0 aliphatic carbocycles. The minimum atomic E-state index is 0.902. The van der Waals surface area contributed by atoms with Crippen molar-refractivity contribution in [2.75, 3.05) is 39.3 Å². The van der Waals surface area contributed by atoms with Crippen molar-refractivity contribution in [3.63, 3.8) is 0 Å². The predicted octanol–water partition coefficient (Wildman–Crippen LogP) is 1.44. The Kier molecular flexibility index (Phi) is 7.80. The first kappa shape index (κ1) is 14.3. The number of hydrogen-bond acceptors (Lipinski definition) is 2. The molecule has 100 valence electrons. The van der Waals surface area contributed by atoms with E-state index in [0.717, 1.165) is 38.6 Å². The minimum Gasteiger partial charge on any atom is -0.357 e. The number of aliphatic imine (C=N–C) groups is 1. The Morgan fingerprint density at radius 3 is 2.53 bits per heavy atom. The molecule has 0 spiro atoms. The third kappa shape index (κ3) is 6.51. The van der Waals surface area contributed by atoms with E-state index in [9.17, 15) is 0 Å². The van der Waals surface area contributed by atoms with Crippen LogP contribution in [0.2, 0.25) is 0 Å². The molecule has 1 rings (SSSR count). The van der Waals surface area contributed by atoms with E-state index in [-0.39, 0.29) is 0 Å². The van der Waals surface area contributed by atoms with Crippen molar-refractivity contribution in [3.8, 4) is 0 Å². The summed E-state index contributed by atoms with van der Waals surface area (Å²) in [6.07, 6.45) is 5.24.